The molecule has 136 valence electrons. The van der Waals surface area contributed by atoms with Crippen molar-refractivity contribution in [2.75, 3.05) is 31.6 Å². The lowest BCUT2D eigenvalue weighted by Crippen LogP contribution is -2.43. The molecule has 3 aliphatic rings. The van der Waals surface area contributed by atoms with Crippen LogP contribution in [0.25, 0.3) is 5.57 Å². The van der Waals surface area contributed by atoms with Crippen molar-refractivity contribution in [2.45, 2.75) is 19.6 Å². The minimum absolute atomic E-state index is 0.0460. The molecular weight excluding hydrogens is 330 g/mol. The summed E-state index contributed by atoms with van der Waals surface area (Å²) in [6, 6.07) is 5.49. The van der Waals surface area contributed by atoms with Gasteiger partial charge in [0.15, 0.2) is 0 Å². The molecule has 1 fully saturated rings. The second-order valence-electron chi connectivity index (χ2n) is 7.02. The maximum Gasteiger partial charge on any atom is 0.256 e. The number of nitrogens with one attached hydrogen (secondary N) is 1. The number of hydrogen-bond acceptors (Lipinski definition) is 5. The van der Waals surface area contributed by atoms with Crippen molar-refractivity contribution in [1.29, 1.82) is 0 Å². The van der Waals surface area contributed by atoms with Gasteiger partial charge in [-0.3, -0.25) is 14.7 Å². The van der Waals surface area contributed by atoms with Crippen molar-refractivity contribution >= 4 is 23.4 Å². The smallest absolute Gasteiger partial charge is 0.256 e. The topological polar surface area (TPSA) is 74.2 Å². The number of hydrogen-bond donors (Lipinski definition) is 2. The summed E-state index contributed by atoms with van der Waals surface area (Å²) in [7, 11) is 0. The Morgan fingerprint density at radius 3 is 3.15 bits per heavy atom. The number of carbonyl (C=O) groups excluding carboxylic acids is 1. The highest BCUT2D eigenvalue weighted by Crippen LogP contribution is 2.34. The number of aliphatic hydroxyl groups excluding tert-OH is 1. The fraction of sp³-hybridized carbons (Fsp3) is 0.400. The van der Waals surface area contributed by atoms with E-state index in [1.165, 1.54) is 0 Å². The summed E-state index contributed by atoms with van der Waals surface area (Å²) in [5.74, 6) is 0.122. The predicted molar refractivity (Wildman–Crippen MR) is 101 cm³/mol. The lowest BCUT2D eigenvalue weighted by Gasteiger charge is -2.31. The number of morpholine rings is 1. The van der Waals surface area contributed by atoms with E-state index >= 15 is 0 Å². The van der Waals surface area contributed by atoms with Crippen LogP contribution in [-0.2, 0) is 16.1 Å². The molecule has 6 nitrogen and oxygen atoms in total. The highest BCUT2D eigenvalue weighted by atomic mass is 16.5. The number of benzene rings is 1. The molecule has 2 unspecified atom stereocenters. The number of ether oxygens (including phenoxy) is 1. The summed E-state index contributed by atoms with van der Waals surface area (Å²) in [5, 5.41) is 12.2. The van der Waals surface area contributed by atoms with Crippen LogP contribution < -0.4 is 5.32 Å². The monoisotopic (exact) mass is 353 g/mol. The van der Waals surface area contributed by atoms with Gasteiger partial charge in [0, 0.05) is 43.0 Å². The van der Waals surface area contributed by atoms with Gasteiger partial charge in [0.1, 0.15) is 0 Å². The first kappa shape index (κ1) is 17.1. The Balaban J connectivity index is 1.51. The highest BCUT2D eigenvalue weighted by molar-refractivity contribution is 6.31. The first-order chi connectivity index (χ1) is 12.6. The third-order valence-corrected chi connectivity index (χ3v) is 4.94. The van der Waals surface area contributed by atoms with Crippen LogP contribution in [0, 0.1) is 5.92 Å². The number of allylic oxidation sites excluding steroid dienone is 1. The van der Waals surface area contributed by atoms with Gasteiger partial charge in [0.2, 0.25) is 0 Å². The third kappa shape index (κ3) is 3.49. The Kier molecular flexibility index (Phi) is 4.72. The molecular formula is C20H23N3O3. The van der Waals surface area contributed by atoms with E-state index in [0.29, 0.717) is 5.57 Å². The lowest BCUT2D eigenvalue weighted by atomic mass is 10.0. The van der Waals surface area contributed by atoms with Crippen LogP contribution in [-0.4, -0.2) is 54.5 Å². The summed E-state index contributed by atoms with van der Waals surface area (Å²) in [6.45, 7) is 5.62. The molecule has 2 atom stereocenters. The number of aliphatic imine (C=N–C) groups is 1. The van der Waals surface area contributed by atoms with Gasteiger partial charge >= 0.3 is 0 Å². The number of fused-ring (bicyclic) bond motifs is 1. The molecule has 1 aromatic rings. The highest BCUT2D eigenvalue weighted by Gasteiger charge is 2.26. The van der Waals surface area contributed by atoms with Crippen LogP contribution in [0.5, 0.6) is 0 Å². The molecule has 1 saturated heterocycles. The first-order valence-corrected chi connectivity index (χ1v) is 8.99. The van der Waals surface area contributed by atoms with Gasteiger partial charge in [0.05, 0.1) is 30.6 Å². The van der Waals surface area contributed by atoms with Crippen LogP contribution in [0.15, 0.2) is 41.0 Å². The molecule has 1 amide bonds. The van der Waals surface area contributed by atoms with E-state index in [-0.39, 0.29) is 24.5 Å². The van der Waals surface area contributed by atoms with Crippen LogP contribution in [0.4, 0.5) is 5.69 Å². The number of nitrogens with zero attached hydrogens (tertiary/aromatic N) is 2. The van der Waals surface area contributed by atoms with E-state index < -0.39 is 0 Å². The third-order valence-electron chi connectivity index (χ3n) is 4.94. The van der Waals surface area contributed by atoms with E-state index in [4.69, 9.17) is 4.74 Å². The van der Waals surface area contributed by atoms with Gasteiger partial charge in [-0.25, -0.2) is 0 Å². The zero-order chi connectivity index (χ0) is 18.1. The summed E-state index contributed by atoms with van der Waals surface area (Å²) in [4.78, 5) is 19.2. The summed E-state index contributed by atoms with van der Waals surface area (Å²) < 4.78 is 5.58. The quantitative estimate of drug-likeness (QED) is 0.810. The minimum Gasteiger partial charge on any atom is -0.392 e. The Labute approximate surface area is 152 Å². The number of aliphatic hydroxyl groups is 1. The molecule has 6 heteroatoms. The van der Waals surface area contributed by atoms with E-state index in [0.717, 1.165) is 48.8 Å². The molecule has 0 bridgehead atoms. The largest absolute Gasteiger partial charge is 0.392 e. The number of amides is 1. The summed E-state index contributed by atoms with van der Waals surface area (Å²) in [6.07, 6.45) is 6.16. The Morgan fingerprint density at radius 2 is 2.35 bits per heavy atom. The second-order valence-corrected chi connectivity index (χ2v) is 7.02. The van der Waals surface area contributed by atoms with E-state index in [1.54, 1.807) is 0 Å². The van der Waals surface area contributed by atoms with Gasteiger partial charge in [-0.1, -0.05) is 6.07 Å². The fourth-order valence-corrected chi connectivity index (χ4v) is 3.65. The molecule has 0 aromatic heterocycles. The Bertz CT molecular complexity index is 813. The van der Waals surface area contributed by atoms with Gasteiger partial charge in [-0.05, 0) is 36.8 Å². The van der Waals surface area contributed by atoms with Crippen LogP contribution in [0.1, 0.15) is 18.1 Å². The molecule has 0 aliphatic carbocycles. The molecule has 3 heterocycles. The van der Waals surface area contributed by atoms with Gasteiger partial charge < -0.3 is 15.2 Å². The molecule has 4 rings (SSSR count). The maximum atomic E-state index is 12.3. The lowest BCUT2D eigenvalue weighted by molar-refractivity contribution is -0.110. The summed E-state index contributed by atoms with van der Waals surface area (Å²) >= 11 is 0. The normalized spacial score (nSPS) is 26.9. The van der Waals surface area contributed by atoms with Gasteiger partial charge in [-0.2, -0.15) is 0 Å². The van der Waals surface area contributed by atoms with Crippen molar-refractivity contribution in [3.05, 3.63) is 47.2 Å². The van der Waals surface area contributed by atoms with Gasteiger partial charge in [0.25, 0.3) is 5.91 Å². The Hall–Kier alpha value is -2.28. The molecule has 0 spiro atoms. The van der Waals surface area contributed by atoms with Crippen molar-refractivity contribution in [3.63, 3.8) is 0 Å². The zero-order valence-corrected chi connectivity index (χ0v) is 14.8. The molecule has 0 radical (unpaired) electrons. The molecule has 1 aromatic carbocycles. The predicted octanol–water partition coefficient (Wildman–Crippen LogP) is 1.82. The van der Waals surface area contributed by atoms with E-state index in [9.17, 15) is 9.90 Å². The van der Waals surface area contributed by atoms with E-state index in [2.05, 4.69) is 28.2 Å². The molecule has 3 aliphatic heterocycles. The maximum absolute atomic E-state index is 12.3. The van der Waals surface area contributed by atoms with E-state index in [1.807, 2.05) is 30.5 Å². The molecule has 0 saturated carbocycles. The average Bonchev–Trinajstić information content (AvgIpc) is 3.19. The fourth-order valence-electron chi connectivity index (χ4n) is 3.65. The van der Waals surface area contributed by atoms with Crippen LogP contribution in [0.2, 0.25) is 0 Å². The molecule has 2 N–H and O–H groups in total. The zero-order valence-electron chi connectivity index (χ0n) is 14.8. The number of anilines is 1. The second kappa shape index (κ2) is 7.15. The standard InChI is InChI=1S/C20H23N3O3/c1-13-10-23(4-5-26-13)11-15-6-16(21-9-15)8-18-17-7-14(12-24)2-3-19(17)22-20(18)25/h2-3,6-9,13,15,24H,4-5,10-12H2,1H3,(H,22,25). The van der Waals surface area contributed by atoms with Crippen molar-refractivity contribution in [3.8, 4) is 0 Å². The van der Waals surface area contributed by atoms with Gasteiger partial charge in [-0.15, -0.1) is 0 Å². The van der Waals surface area contributed by atoms with Crippen molar-refractivity contribution in [2.24, 2.45) is 10.9 Å². The number of carbonyl (C=O) groups is 1. The summed E-state index contributed by atoms with van der Waals surface area (Å²) in [5.41, 5.74) is 3.79. The Morgan fingerprint density at radius 1 is 1.46 bits per heavy atom. The van der Waals surface area contributed by atoms with Crippen LogP contribution >= 0.6 is 0 Å². The average molecular weight is 353 g/mol. The number of rotatable bonds is 4. The van der Waals surface area contributed by atoms with Crippen molar-refractivity contribution in [1.82, 2.24) is 4.90 Å². The minimum atomic E-state index is -0.128. The van der Waals surface area contributed by atoms with Crippen LogP contribution in [0.3, 0.4) is 0 Å². The SMILES string of the molecule is CC1CN(CC2C=NC(C=C3C(=O)Nc4ccc(CO)cc43)=C2)CCO1. The molecule has 26 heavy (non-hydrogen) atoms. The van der Waals surface area contributed by atoms with Crippen molar-refractivity contribution < 1.29 is 14.6 Å². The first-order valence-electron chi connectivity index (χ1n) is 8.99.